The number of pyridine rings is 1. The zero-order chi connectivity index (χ0) is 18.8. The van der Waals surface area contributed by atoms with E-state index in [1.807, 2.05) is 12.3 Å². The average molecular weight is 369 g/mol. The van der Waals surface area contributed by atoms with Crippen LogP contribution in [0.25, 0.3) is 5.65 Å². The van der Waals surface area contributed by atoms with E-state index in [1.165, 1.54) is 16.5 Å². The van der Waals surface area contributed by atoms with E-state index >= 15 is 0 Å². The highest BCUT2D eigenvalue weighted by atomic mass is 16.3. The van der Waals surface area contributed by atoms with Gasteiger partial charge in [-0.2, -0.15) is 5.10 Å². The third-order valence-electron chi connectivity index (χ3n) is 5.02. The maximum atomic E-state index is 12.3. The molecule has 1 fully saturated rings. The highest BCUT2D eigenvalue weighted by Crippen LogP contribution is 2.26. The Kier molecular flexibility index (Phi) is 4.91. The van der Waals surface area contributed by atoms with Crippen molar-refractivity contribution in [3.05, 3.63) is 58.4 Å². The Bertz CT molecular complexity index is 996. The van der Waals surface area contributed by atoms with Crippen molar-refractivity contribution in [2.24, 2.45) is 0 Å². The summed E-state index contributed by atoms with van der Waals surface area (Å²) in [5, 5.41) is 23.6. The summed E-state index contributed by atoms with van der Waals surface area (Å²) in [5.74, 6) is 0.330. The van der Waals surface area contributed by atoms with E-state index in [0.717, 1.165) is 31.6 Å². The molecule has 27 heavy (non-hydrogen) atoms. The molecule has 8 nitrogen and oxygen atoms in total. The van der Waals surface area contributed by atoms with Crippen LogP contribution >= 0.6 is 0 Å². The number of piperidine rings is 1. The second-order valence-electron chi connectivity index (χ2n) is 6.97. The number of rotatable bonds is 5. The van der Waals surface area contributed by atoms with Crippen molar-refractivity contribution < 1.29 is 10.2 Å². The fraction of sp³-hybridized carbons (Fsp3) is 0.421. The van der Waals surface area contributed by atoms with Gasteiger partial charge in [-0.05, 0) is 37.6 Å². The Morgan fingerprint density at radius 3 is 3.00 bits per heavy atom. The molecule has 8 heteroatoms. The fourth-order valence-corrected chi connectivity index (χ4v) is 3.73. The maximum absolute atomic E-state index is 12.3. The van der Waals surface area contributed by atoms with Gasteiger partial charge < -0.3 is 10.2 Å². The molecule has 0 unspecified atom stereocenters. The number of hydrogen-bond acceptors (Lipinski definition) is 6. The molecule has 3 aromatic heterocycles. The van der Waals surface area contributed by atoms with Crippen molar-refractivity contribution in [1.82, 2.24) is 24.1 Å². The fourth-order valence-electron chi connectivity index (χ4n) is 3.73. The predicted molar refractivity (Wildman–Crippen MR) is 99.7 cm³/mol. The van der Waals surface area contributed by atoms with Crippen molar-refractivity contribution in [2.75, 3.05) is 19.7 Å². The number of aliphatic hydroxyl groups excluding tert-OH is 1. The lowest BCUT2D eigenvalue weighted by molar-refractivity contribution is 0.195. The number of likely N-dealkylation sites (tertiary alicyclic amines) is 1. The van der Waals surface area contributed by atoms with E-state index in [4.69, 9.17) is 5.11 Å². The lowest BCUT2D eigenvalue weighted by Crippen LogP contribution is -2.34. The molecule has 0 saturated carbocycles. The molecule has 0 aliphatic carbocycles. The van der Waals surface area contributed by atoms with Gasteiger partial charge in [-0.1, -0.05) is 0 Å². The Labute approximate surface area is 156 Å². The van der Waals surface area contributed by atoms with Crippen LogP contribution in [0.3, 0.4) is 0 Å². The van der Waals surface area contributed by atoms with Crippen LogP contribution in [-0.2, 0) is 13.1 Å². The van der Waals surface area contributed by atoms with Crippen LogP contribution in [-0.4, -0.2) is 54.0 Å². The van der Waals surface area contributed by atoms with Crippen LogP contribution in [0.5, 0.6) is 5.75 Å². The third kappa shape index (κ3) is 3.72. The van der Waals surface area contributed by atoms with Gasteiger partial charge in [0.05, 0.1) is 24.5 Å². The van der Waals surface area contributed by atoms with Gasteiger partial charge in [0.2, 0.25) is 0 Å². The number of fused-ring (bicyclic) bond motifs is 1. The summed E-state index contributed by atoms with van der Waals surface area (Å²) in [6, 6.07) is 6.70. The van der Waals surface area contributed by atoms with Crippen molar-refractivity contribution in [3.63, 3.8) is 0 Å². The number of aromatic hydroxyl groups is 1. The van der Waals surface area contributed by atoms with Crippen molar-refractivity contribution in [3.8, 4) is 5.75 Å². The summed E-state index contributed by atoms with van der Waals surface area (Å²) in [4.78, 5) is 19.1. The molecular weight excluding hydrogens is 346 g/mol. The van der Waals surface area contributed by atoms with Crippen molar-refractivity contribution >= 4 is 5.65 Å². The molecule has 0 spiro atoms. The molecule has 1 aliphatic heterocycles. The Morgan fingerprint density at radius 1 is 1.26 bits per heavy atom. The summed E-state index contributed by atoms with van der Waals surface area (Å²) in [6.07, 6.45) is 5.63. The summed E-state index contributed by atoms with van der Waals surface area (Å²) in [6.45, 7) is 2.93. The van der Waals surface area contributed by atoms with E-state index in [9.17, 15) is 9.90 Å². The van der Waals surface area contributed by atoms with Gasteiger partial charge in [0.25, 0.3) is 5.56 Å². The summed E-state index contributed by atoms with van der Waals surface area (Å²) >= 11 is 0. The van der Waals surface area contributed by atoms with Crippen molar-refractivity contribution in [2.45, 2.75) is 31.8 Å². The highest BCUT2D eigenvalue weighted by molar-refractivity contribution is 5.52. The predicted octanol–water partition coefficient (Wildman–Crippen LogP) is 0.968. The molecule has 0 amide bonds. The summed E-state index contributed by atoms with van der Waals surface area (Å²) in [5.41, 5.74) is 1.80. The van der Waals surface area contributed by atoms with Crippen LogP contribution in [0.1, 0.15) is 30.1 Å². The van der Waals surface area contributed by atoms with Gasteiger partial charge in [0, 0.05) is 37.5 Å². The molecule has 0 radical (unpaired) electrons. The lowest BCUT2D eigenvalue weighted by atomic mass is 9.95. The van der Waals surface area contributed by atoms with E-state index in [0.29, 0.717) is 24.7 Å². The number of nitrogens with zero attached hydrogens (tertiary/aromatic N) is 5. The zero-order valence-corrected chi connectivity index (χ0v) is 15.0. The standard InChI is InChI=1S/C19H23N5O3/c25-10-9-23-8-5-16(21-23)14-3-1-6-22(12-14)13-15-11-18(27)24-7-2-4-17(26)19(24)20-15/h2,4-5,7-8,11,14,25-26H,1,3,6,9-10,12-13H2/t14-/m0/s1. The molecule has 1 atom stereocenters. The van der Waals surface area contributed by atoms with Crippen LogP contribution in [0, 0.1) is 0 Å². The van der Waals surface area contributed by atoms with E-state index < -0.39 is 0 Å². The molecule has 4 rings (SSSR count). The molecule has 1 aliphatic rings. The smallest absolute Gasteiger partial charge is 0.258 e. The minimum Gasteiger partial charge on any atom is -0.504 e. The second kappa shape index (κ2) is 7.50. The van der Waals surface area contributed by atoms with Crippen molar-refractivity contribution in [1.29, 1.82) is 0 Å². The minimum atomic E-state index is -0.192. The highest BCUT2D eigenvalue weighted by Gasteiger charge is 2.23. The number of hydrogen-bond donors (Lipinski definition) is 2. The maximum Gasteiger partial charge on any atom is 0.258 e. The molecule has 0 aromatic carbocycles. The number of aromatic nitrogens is 4. The summed E-state index contributed by atoms with van der Waals surface area (Å²) < 4.78 is 3.12. The van der Waals surface area contributed by atoms with Gasteiger partial charge in [-0.25, -0.2) is 4.98 Å². The SMILES string of the molecule is O=c1cc(CN2CCC[C@H](c3ccn(CCO)n3)C2)nc2c(O)cccn12. The lowest BCUT2D eigenvalue weighted by Gasteiger charge is -2.31. The molecule has 0 bridgehead atoms. The first-order valence-electron chi connectivity index (χ1n) is 9.21. The molecule has 142 valence electrons. The number of aliphatic hydroxyl groups is 1. The van der Waals surface area contributed by atoms with E-state index in [-0.39, 0.29) is 23.6 Å². The van der Waals surface area contributed by atoms with E-state index in [1.54, 1.807) is 16.9 Å². The van der Waals surface area contributed by atoms with Gasteiger partial charge in [0.15, 0.2) is 11.4 Å². The monoisotopic (exact) mass is 369 g/mol. The van der Waals surface area contributed by atoms with Gasteiger partial charge in [-0.3, -0.25) is 18.8 Å². The van der Waals surface area contributed by atoms with Crippen LogP contribution in [0.2, 0.25) is 0 Å². The van der Waals surface area contributed by atoms with Gasteiger partial charge in [-0.15, -0.1) is 0 Å². The largest absolute Gasteiger partial charge is 0.504 e. The minimum absolute atomic E-state index is 0.00222. The van der Waals surface area contributed by atoms with Crippen LogP contribution in [0.4, 0.5) is 0 Å². The average Bonchev–Trinajstić information content (AvgIpc) is 3.12. The van der Waals surface area contributed by atoms with Crippen LogP contribution in [0.15, 0.2) is 41.5 Å². The third-order valence-corrected chi connectivity index (χ3v) is 5.02. The van der Waals surface area contributed by atoms with Gasteiger partial charge in [0.1, 0.15) is 0 Å². The Hall–Kier alpha value is -2.71. The first kappa shape index (κ1) is 17.7. The van der Waals surface area contributed by atoms with Gasteiger partial charge >= 0.3 is 0 Å². The molecular formula is C19H23N5O3. The second-order valence-corrected chi connectivity index (χ2v) is 6.97. The Morgan fingerprint density at radius 2 is 2.15 bits per heavy atom. The molecule has 3 aromatic rings. The summed E-state index contributed by atoms with van der Waals surface area (Å²) in [7, 11) is 0. The first-order chi connectivity index (χ1) is 13.1. The molecule has 2 N–H and O–H groups in total. The molecule has 1 saturated heterocycles. The zero-order valence-electron chi connectivity index (χ0n) is 15.0. The van der Waals surface area contributed by atoms with Crippen LogP contribution < -0.4 is 5.56 Å². The molecule has 4 heterocycles. The Balaban J connectivity index is 1.51. The quantitative estimate of drug-likeness (QED) is 0.696. The topological polar surface area (TPSA) is 95.9 Å². The van der Waals surface area contributed by atoms with E-state index in [2.05, 4.69) is 15.0 Å². The normalized spacial score (nSPS) is 18.2. The first-order valence-corrected chi connectivity index (χ1v) is 9.21.